The van der Waals surface area contributed by atoms with E-state index in [9.17, 15) is 14.3 Å². The second-order valence-electron chi connectivity index (χ2n) is 6.32. The SMILES string of the molecule is Cc1cc(NC(=O)CN2CCSCC2CCO)n(-c2ccc(F)cc2)n1. The van der Waals surface area contributed by atoms with Gasteiger partial charge >= 0.3 is 0 Å². The van der Waals surface area contributed by atoms with Gasteiger partial charge in [0.2, 0.25) is 5.91 Å². The van der Waals surface area contributed by atoms with Crippen molar-refractivity contribution in [3.8, 4) is 5.69 Å². The average Bonchev–Trinajstić information content (AvgIpc) is 2.97. The summed E-state index contributed by atoms with van der Waals surface area (Å²) in [7, 11) is 0. The van der Waals surface area contributed by atoms with Gasteiger partial charge < -0.3 is 10.4 Å². The Hall–Kier alpha value is -1.90. The Morgan fingerprint density at radius 1 is 1.42 bits per heavy atom. The second-order valence-corrected chi connectivity index (χ2v) is 7.47. The van der Waals surface area contributed by atoms with Gasteiger partial charge in [0.1, 0.15) is 11.6 Å². The summed E-state index contributed by atoms with van der Waals surface area (Å²) in [5.41, 5.74) is 1.44. The first-order chi connectivity index (χ1) is 12.6. The molecule has 2 heterocycles. The highest BCUT2D eigenvalue weighted by Crippen LogP contribution is 2.20. The number of rotatable bonds is 6. The molecule has 2 N–H and O–H groups in total. The maximum absolute atomic E-state index is 13.2. The minimum atomic E-state index is -0.318. The van der Waals surface area contributed by atoms with E-state index in [0.29, 0.717) is 17.9 Å². The number of benzene rings is 1. The van der Waals surface area contributed by atoms with E-state index in [-0.39, 0.29) is 30.9 Å². The zero-order valence-electron chi connectivity index (χ0n) is 14.7. The Kier molecular flexibility index (Phi) is 6.29. The highest BCUT2D eigenvalue weighted by atomic mass is 32.2. The zero-order chi connectivity index (χ0) is 18.5. The van der Waals surface area contributed by atoms with E-state index in [1.807, 2.05) is 18.7 Å². The number of amides is 1. The molecule has 3 rings (SSSR count). The number of aryl methyl sites for hydroxylation is 1. The van der Waals surface area contributed by atoms with Gasteiger partial charge in [-0.2, -0.15) is 16.9 Å². The number of thioether (sulfide) groups is 1. The lowest BCUT2D eigenvalue weighted by molar-refractivity contribution is -0.117. The topological polar surface area (TPSA) is 70.4 Å². The lowest BCUT2D eigenvalue weighted by atomic mass is 10.2. The van der Waals surface area contributed by atoms with Crippen molar-refractivity contribution in [2.45, 2.75) is 19.4 Å². The Balaban J connectivity index is 1.70. The molecule has 1 unspecified atom stereocenters. The smallest absolute Gasteiger partial charge is 0.239 e. The van der Waals surface area contributed by atoms with Crippen LogP contribution in [0, 0.1) is 12.7 Å². The molecular weight excluding hydrogens is 355 g/mol. The van der Waals surface area contributed by atoms with Crippen LogP contribution in [0.25, 0.3) is 5.69 Å². The van der Waals surface area contributed by atoms with Crippen LogP contribution in [-0.4, -0.2) is 62.9 Å². The summed E-state index contributed by atoms with van der Waals surface area (Å²) in [6.07, 6.45) is 0.674. The molecule has 0 spiro atoms. The summed E-state index contributed by atoms with van der Waals surface area (Å²) in [4.78, 5) is 14.7. The monoisotopic (exact) mass is 378 g/mol. The van der Waals surface area contributed by atoms with Crippen LogP contribution >= 0.6 is 11.8 Å². The molecular formula is C18H23FN4O2S. The fourth-order valence-corrected chi connectivity index (χ4v) is 4.23. The summed E-state index contributed by atoms with van der Waals surface area (Å²) < 4.78 is 14.8. The first kappa shape index (κ1) is 18.9. The third-order valence-electron chi connectivity index (χ3n) is 4.33. The standard InChI is InChI=1S/C18H23FN4O2S/c1-13-10-17(23(21-13)15-4-2-14(19)3-5-15)20-18(25)11-22-7-9-26-12-16(22)6-8-24/h2-5,10,16,24H,6-9,11-12H2,1H3,(H,20,25). The van der Waals surface area contributed by atoms with Crippen LogP contribution in [0.15, 0.2) is 30.3 Å². The summed E-state index contributed by atoms with van der Waals surface area (Å²) >= 11 is 1.85. The van der Waals surface area contributed by atoms with E-state index in [2.05, 4.69) is 15.3 Å². The van der Waals surface area contributed by atoms with Crippen molar-refractivity contribution in [1.29, 1.82) is 0 Å². The summed E-state index contributed by atoms with van der Waals surface area (Å²) in [5.74, 6) is 2.04. The third-order valence-corrected chi connectivity index (χ3v) is 5.42. The van der Waals surface area contributed by atoms with Gasteiger partial charge in [-0.1, -0.05) is 0 Å². The number of nitrogens with zero attached hydrogens (tertiary/aromatic N) is 3. The highest BCUT2D eigenvalue weighted by Gasteiger charge is 2.24. The van der Waals surface area contributed by atoms with Gasteiger partial charge in [-0.05, 0) is 37.6 Å². The van der Waals surface area contributed by atoms with Crippen LogP contribution in [0.5, 0.6) is 0 Å². The number of nitrogens with one attached hydrogen (secondary N) is 1. The molecule has 1 aliphatic heterocycles. The Morgan fingerprint density at radius 3 is 2.92 bits per heavy atom. The molecule has 1 aliphatic rings. The van der Waals surface area contributed by atoms with E-state index >= 15 is 0 Å². The average molecular weight is 378 g/mol. The first-order valence-corrected chi connectivity index (χ1v) is 9.77. The maximum atomic E-state index is 13.2. The molecule has 0 saturated carbocycles. The van der Waals surface area contributed by atoms with E-state index in [4.69, 9.17) is 0 Å². The molecule has 1 amide bonds. The zero-order valence-corrected chi connectivity index (χ0v) is 15.5. The van der Waals surface area contributed by atoms with Gasteiger partial charge in [0.05, 0.1) is 17.9 Å². The van der Waals surface area contributed by atoms with E-state index < -0.39 is 0 Å². The Morgan fingerprint density at radius 2 is 2.19 bits per heavy atom. The Labute approximate surface area is 156 Å². The van der Waals surface area contributed by atoms with Crippen molar-refractivity contribution in [2.24, 2.45) is 0 Å². The van der Waals surface area contributed by atoms with Crippen molar-refractivity contribution in [2.75, 3.05) is 36.5 Å². The van der Waals surface area contributed by atoms with Crippen LogP contribution < -0.4 is 5.32 Å². The number of anilines is 1. The minimum Gasteiger partial charge on any atom is -0.396 e. The number of hydrogen-bond donors (Lipinski definition) is 2. The number of carbonyl (C=O) groups excluding carboxylic acids is 1. The predicted octanol–water partition coefficient (Wildman–Crippen LogP) is 2.06. The lowest BCUT2D eigenvalue weighted by Crippen LogP contribution is -2.46. The number of halogens is 1. The molecule has 0 aliphatic carbocycles. The molecule has 6 nitrogen and oxygen atoms in total. The molecule has 2 aromatic rings. The van der Waals surface area contributed by atoms with Crippen molar-refractivity contribution in [1.82, 2.24) is 14.7 Å². The van der Waals surface area contributed by atoms with Crippen LogP contribution in [0.3, 0.4) is 0 Å². The van der Waals surface area contributed by atoms with Crippen molar-refractivity contribution < 1.29 is 14.3 Å². The molecule has 1 atom stereocenters. The second kappa shape index (κ2) is 8.66. The van der Waals surface area contributed by atoms with E-state index in [0.717, 1.165) is 23.7 Å². The van der Waals surface area contributed by atoms with Gasteiger partial charge in [-0.15, -0.1) is 0 Å². The fraction of sp³-hybridized carbons (Fsp3) is 0.444. The van der Waals surface area contributed by atoms with E-state index in [1.54, 1.807) is 22.9 Å². The normalized spacial score (nSPS) is 18.0. The molecule has 0 radical (unpaired) electrons. The Bertz CT molecular complexity index is 748. The maximum Gasteiger partial charge on any atom is 0.239 e. The van der Waals surface area contributed by atoms with Crippen molar-refractivity contribution in [3.63, 3.8) is 0 Å². The molecule has 1 aromatic carbocycles. The minimum absolute atomic E-state index is 0.122. The molecule has 140 valence electrons. The number of hydrogen-bond acceptors (Lipinski definition) is 5. The molecule has 0 bridgehead atoms. The van der Waals surface area contributed by atoms with Crippen LogP contribution in [0.2, 0.25) is 0 Å². The van der Waals surface area contributed by atoms with Crippen molar-refractivity contribution >= 4 is 23.5 Å². The predicted molar refractivity (Wildman–Crippen MR) is 101 cm³/mol. The number of aromatic nitrogens is 2. The first-order valence-electron chi connectivity index (χ1n) is 8.62. The van der Waals surface area contributed by atoms with Gasteiger partial charge in [-0.3, -0.25) is 9.69 Å². The van der Waals surface area contributed by atoms with Crippen LogP contribution in [-0.2, 0) is 4.79 Å². The molecule has 26 heavy (non-hydrogen) atoms. The van der Waals surface area contributed by atoms with Crippen LogP contribution in [0.1, 0.15) is 12.1 Å². The largest absolute Gasteiger partial charge is 0.396 e. The number of aliphatic hydroxyl groups excluding tert-OH is 1. The van der Waals surface area contributed by atoms with E-state index in [1.165, 1.54) is 12.1 Å². The number of carbonyl (C=O) groups is 1. The molecule has 1 fully saturated rings. The summed E-state index contributed by atoms with van der Waals surface area (Å²) in [5, 5.41) is 16.5. The highest BCUT2D eigenvalue weighted by molar-refractivity contribution is 7.99. The fourth-order valence-electron chi connectivity index (χ4n) is 3.05. The lowest BCUT2D eigenvalue weighted by Gasteiger charge is -2.34. The third kappa shape index (κ3) is 4.63. The van der Waals surface area contributed by atoms with Gasteiger partial charge in [0, 0.05) is 36.8 Å². The van der Waals surface area contributed by atoms with Gasteiger partial charge in [0.15, 0.2) is 0 Å². The molecule has 8 heteroatoms. The summed E-state index contributed by atoms with van der Waals surface area (Å²) in [6.45, 7) is 3.08. The van der Waals surface area contributed by atoms with Gasteiger partial charge in [0.25, 0.3) is 0 Å². The molecule has 1 aromatic heterocycles. The summed E-state index contributed by atoms with van der Waals surface area (Å²) in [6, 6.07) is 7.98. The van der Waals surface area contributed by atoms with Gasteiger partial charge in [-0.25, -0.2) is 9.07 Å². The molecule has 1 saturated heterocycles. The van der Waals surface area contributed by atoms with Crippen LogP contribution in [0.4, 0.5) is 10.2 Å². The van der Waals surface area contributed by atoms with Crippen molar-refractivity contribution in [3.05, 3.63) is 41.8 Å². The quantitative estimate of drug-likeness (QED) is 0.805. The number of aliphatic hydroxyl groups is 1.